The van der Waals surface area contributed by atoms with Crippen molar-refractivity contribution in [2.75, 3.05) is 6.61 Å². The number of amides is 1. The molecule has 2 heterocycles. The fourth-order valence-electron chi connectivity index (χ4n) is 2.66. The van der Waals surface area contributed by atoms with Crippen LogP contribution in [0.15, 0.2) is 30.3 Å². The number of primary amides is 1. The second-order valence-corrected chi connectivity index (χ2v) is 5.79. The molecular formula is C18H20N2O3. The Hall–Kier alpha value is -2.56. The number of fused-ring (bicyclic) bond motifs is 1. The summed E-state index contributed by atoms with van der Waals surface area (Å²) in [6.45, 7) is 4.35. The summed E-state index contributed by atoms with van der Waals surface area (Å²) < 4.78 is 11.6. The largest absolute Gasteiger partial charge is 0.486 e. The smallest absolute Gasteiger partial charge is 0.250 e. The van der Waals surface area contributed by atoms with Crippen LogP contribution in [0.2, 0.25) is 0 Å². The molecule has 0 saturated heterocycles. The van der Waals surface area contributed by atoms with Crippen LogP contribution in [0.3, 0.4) is 0 Å². The van der Waals surface area contributed by atoms with E-state index in [1.165, 1.54) is 0 Å². The lowest BCUT2D eigenvalue weighted by molar-refractivity contribution is 0.0847. The number of ether oxygens (including phenoxy) is 2. The van der Waals surface area contributed by atoms with Gasteiger partial charge in [-0.25, -0.2) is 0 Å². The zero-order valence-electron chi connectivity index (χ0n) is 13.3. The molecule has 0 fully saturated rings. The summed E-state index contributed by atoms with van der Waals surface area (Å²) in [5, 5.41) is 0. The highest BCUT2D eigenvalue weighted by Gasteiger charge is 2.21. The minimum atomic E-state index is -0.443. The maximum atomic E-state index is 11.6. The Bertz CT molecular complexity index is 743. The molecule has 1 aromatic heterocycles. The van der Waals surface area contributed by atoms with E-state index in [1.807, 2.05) is 44.2 Å². The normalized spacial score (nSPS) is 16.2. The molecule has 1 atom stereocenters. The van der Waals surface area contributed by atoms with Crippen molar-refractivity contribution in [3.8, 4) is 11.5 Å². The summed E-state index contributed by atoms with van der Waals surface area (Å²) in [7, 11) is 0. The average molecular weight is 312 g/mol. The van der Waals surface area contributed by atoms with Crippen molar-refractivity contribution in [2.45, 2.75) is 32.8 Å². The van der Waals surface area contributed by atoms with Crippen LogP contribution in [0.1, 0.15) is 33.7 Å². The minimum Gasteiger partial charge on any atom is -0.486 e. The Kier molecular flexibility index (Phi) is 4.19. The molecule has 120 valence electrons. The van der Waals surface area contributed by atoms with E-state index in [0.717, 1.165) is 28.5 Å². The first kappa shape index (κ1) is 15.3. The number of carbonyl (C=O) groups excluding carboxylic acids is 1. The summed E-state index contributed by atoms with van der Waals surface area (Å²) in [5.41, 5.74) is 8.57. The number of aryl methyl sites for hydroxylation is 3. The number of hydrogen-bond acceptors (Lipinski definition) is 4. The molecule has 5 nitrogen and oxygen atoms in total. The summed E-state index contributed by atoms with van der Waals surface area (Å²) in [6, 6.07) is 9.43. The van der Waals surface area contributed by atoms with Gasteiger partial charge in [0, 0.05) is 5.69 Å². The molecule has 1 aliphatic rings. The quantitative estimate of drug-likeness (QED) is 0.941. The van der Waals surface area contributed by atoms with Crippen molar-refractivity contribution in [2.24, 2.45) is 5.73 Å². The Morgan fingerprint density at radius 3 is 2.78 bits per heavy atom. The number of aromatic nitrogens is 1. The molecule has 0 spiro atoms. The highest BCUT2D eigenvalue weighted by Crippen LogP contribution is 2.31. The number of nitrogens with two attached hydrogens (primary N) is 1. The van der Waals surface area contributed by atoms with Crippen LogP contribution in [-0.4, -0.2) is 23.6 Å². The monoisotopic (exact) mass is 312 g/mol. The van der Waals surface area contributed by atoms with Crippen LogP contribution < -0.4 is 15.2 Å². The van der Waals surface area contributed by atoms with Crippen molar-refractivity contribution in [1.82, 2.24) is 4.98 Å². The maximum Gasteiger partial charge on any atom is 0.250 e. The van der Waals surface area contributed by atoms with Crippen LogP contribution in [0, 0.1) is 13.8 Å². The standard InChI is InChI=1S/C18H20N2O3/c1-11-9-14(18(19)21)15(20-12(11)2)8-7-13-10-22-16-5-3-4-6-17(16)23-13/h3-6,9,13H,7-8,10H2,1-2H3,(H2,19,21). The molecule has 2 N–H and O–H groups in total. The third-order valence-corrected chi connectivity index (χ3v) is 4.08. The van der Waals surface area contributed by atoms with Gasteiger partial charge < -0.3 is 15.2 Å². The third-order valence-electron chi connectivity index (χ3n) is 4.08. The van der Waals surface area contributed by atoms with E-state index >= 15 is 0 Å². The molecule has 3 rings (SSSR count). The van der Waals surface area contributed by atoms with Crippen molar-refractivity contribution in [3.63, 3.8) is 0 Å². The summed E-state index contributed by atoms with van der Waals surface area (Å²) in [6.07, 6.45) is 1.27. The van der Waals surface area contributed by atoms with E-state index in [4.69, 9.17) is 15.2 Å². The Balaban J connectivity index is 1.72. The van der Waals surface area contributed by atoms with E-state index in [2.05, 4.69) is 4.98 Å². The second kappa shape index (κ2) is 6.28. The first-order valence-electron chi connectivity index (χ1n) is 7.70. The summed E-state index contributed by atoms with van der Waals surface area (Å²) >= 11 is 0. The molecule has 5 heteroatoms. The van der Waals surface area contributed by atoms with E-state index in [1.54, 1.807) is 0 Å². The van der Waals surface area contributed by atoms with Gasteiger partial charge in [0.05, 0.1) is 11.3 Å². The number of benzene rings is 1. The van der Waals surface area contributed by atoms with E-state index in [9.17, 15) is 4.79 Å². The van der Waals surface area contributed by atoms with Crippen LogP contribution in [-0.2, 0) is 6.42 Å². The molecule has 2 aromatic rings. The van der Waals surface area contributed by atoms with Crippen LogP contribution in [0.5, 0.6) is 11.5 Å². The first-order chi connectivity index (χ1) is 11.0. The fraction of sp³-hybridized carbons (Fsp3) is 0.333. The Morgan fingerprint density at radius 2 is 2.04 bits per heavy atom. The molecule has 0 bridgehead atoms. The predicted molar refractivity (Wildman–Crippen MR) is 86.9 cm³/mol. The number of nitrogens with zero attached hydrogens (tertiary/aromatic N) is 1. The van der Waals surface area contributed by atoms with Gasteiger partial charge in [0.1, 0.15) is 12.7 Å². The summed E-state index contributed by atoms with van der Waals surface area (Å²) in [5.74, 6) is 1.08. The molecule has 1 unspecified atom stereocenters. The van der Waals surface area contributed by atoms with E-state index in [-0.39, 0.29) is 6.10 Å². The molecule has 0 aliphatic carbocycles. The van der Waals surface area contributed by atoms with Crippen LogP contribution in [0.4, 0.5) is 0 Å². The van der Waals surface area contributed by atoms with Crippen molar-refractivity contribution >= 4 is 5.91 Å². The minimum absolute atomic E-state index is 0.0611. The van der Waals surface area contributed by atoms with Gasteiger partial charge in [-0.1, -0.05) is 12.1 Å². The van der Waals surface area contributed by atoms with Gasteiger partial charge in [0.15, 0.2) is 11.5 Å². The fourth-order valence-corrected chi connectivity index (χ4v) is 2.66. The first-order valence-corrected chi connectivity index (χ1v) is 7.70. The number of pyridine rings is 1. The Labute approximate surface area is 135 Å². The highest BCUT2D eigenvalue weighted by molar-refractivity contribution is 5.94. The lowest BCUT2D eigenvalue weighted by Crippen LogP contribution is -2.30. The van der Waals surface area contributed by atoms with Gasteiger partial charge in [-0.3, -0.25) is 9.78 Å². The summed E-state index contributed by atoms with van der Waals surface area (Å²) in [4.78, 5) is 16.2. The van der Waals surface area contributed by atoms with E-state index < -0.39 is 5.91 Å². The third kappa shape index (κ3) is 3.28. The van der Waals surface area contributed by atoms with Gasteiger partial charge in [0.2, 0.25) is 0 Å². The predicted octanol–water partition coefficient (Wildman–Crippen LogP) is 2.57. The Morgan fingerprint density at radius 1 is 1.30 bits per heavy atom. The number of para-hydroxylation sites is 2. The molecule has 1 aromatic carbocycles. The van der Waals surface area contributed by atoms with Gasteiger partial charge in [-0.2, -0.15) is 0 Å². The van der Waals surface area contributed by atoms with Gasteiger partial charge >= 0.3 is 0 Å². The number of hydrogen-bond donors (Lipinski definition) is 1. The van der Waals surface area contributed by atoms with E-state index in [0.29, 0.717) is 25.0 Å². The lowest BCUT2D eigenvalue weighted by atomic mass is 10.0. The molecule has 1 aliphatic heterocycles. The van der Waals surface area contributed by atoms with Crippen molar-refractivity contribution in [3.05, 3.63) is 52.8 Å². The highest BCUT2D eigenvalue weighted by atomic mass is 16.6. The van der Waals surface area contributed by atoms with Gasteiger partial charge in [-0.15, -0.1) is 0 Å². The molecular weight excluding hydrogens is 292 g/mol. The number of carbonyl (C=O) groups is 1. The topological polar surface area (TPSA) is 74.4 Å². The molecule has 23 heavy (non-hydrogen) atoms. The molecule has 1 amide bonds. The van der Waals surface area contributed by atoms with Crippen molar-refractivity contribution in [1.29, 1.82) is 0 Å². The van der Waals surface area contributed by atoms with Gasteiger partial charge in [0.25, 0.3) is 5.91 Å². The maximum absolute atomic E-state index is 11.6. The average Bonchev–Trinajstić information content (AvgIpc) is 2.55. The zero-order valence-corrected chi connectivity index (χ0v) is 13.3. The van der Waals surface area contributed by atoms with Gasteiger partial charge in [-0.05, 0) is 50.5 Å². The SMILES string of the molecule is Cc1cc(C(N)=O)c(CCC2COc3ccccc3O2)nc1C. The lowest BCUT2D eigenvalue weighted by Gasteiger charge is -2.26. The van der Waals surface area contributed by atoms with Crippen molar-refractivity contribution < 1.29 is 14.3 Å². The number of rotatable bonds is 4. The van der Waals surface area contributed by atoms with Crippen LogP contribution >= 0.6 is 0 Å². The zero-order chi connectivity index (χ0) is 16.4. The molecule has 0 saturated carbocycles. The van der Waals surface area contributed by atoms with Crippen LogP contribution in [0.25, 0.3) is 0 Å². The molecule has 0 radical (unpaired) electrons. The second-order valence-electron chi connectivity index (χ2n) is 5.79.